The van der Waals surface area contributed by atoms with Crippen molar-refractivity contribution in [2.75, 3.05) is 32.8 Å². The van der Waals surface area contributed by atoms with Crippen molar-refractivity contribution >= 4 is 11.3 Å². The summed E-state index contributed by atoms with van der Waals surface area (Å²) in [6, 6.07) is 3.97. The van der Waals surface area contributed by atoms with Crippen LogP contribution in [0.25, 0.3) is 0 Å². The average molecular weight is 269 g/mol. The van der Waals surface area contributed by atoms with Crippen LogP contribution < -0.4 is 0 Å². The maximum Gasteiger partial charge on any atom is 0.170 e. The normalized spacial score (nSPS) is 25.6. The number of β-amino-alcohol motifs (C(OH)–C–C–N with tert-alkyl or cyclic N) is 1. The smallest absolute Gasteiger partial charge is 0.170 e. The van der Waals surface area contributed by atoms with E-state index in [9.17, 15) is 5.11 Å². The van der Waals surface area contributed by atoms with Crippen molar-refractivity contribution in [2.24, 2.45) is 0 Å². The second-order valence-corrected chi connectivity index (χ2v) is 5.92. The third-order valence-corrected chi connectivity index (χ3v) is 4.71. The predicted molar refractivity (Wildman–Crippen MR) is 69.6 cm³/mol. The van der Waals surface area contributed by atoms with Crippen molar-refractivity contribution < 1.29 is 14.6 Å². The molecule has 3 rings (SSSR count). The zero-order chi connectivity index (χ0) is 12.4. The molecular formula is C13H19NO3S. The van der Waals surface area contributed by atoms with Crippen molar-refractivity contribution in [1.82, 2.24) is 4.90 Å². The van der Waals surface area contributed by atoms with Crippen LogP contribution in [0.5, 0.6) is 0 Å². The molecule has 1 atom stereocenters. The van der Waals surface area contributed by atoms with E-state index >= 15 is 0 Å². The highest BCUT2D eigenvalue weighted by atomic mass is 32.1. The van der Waals surface area contributed by atoms with Gasteiger partial charge in [0.15, 0.2) is 5.79 Å². The van der Waals surface area contributed by atoms with Gasteiger partial charge >= 0.3 is 0 Å². The molecule has 18 heavy (non-hydrogen) atoms. The number of likely N-dealkylation sites (tertiary alicyclic amines) is 1. The van der Waals surface area contributed by atoms with Crippen LogP contribution in [0.4, 0.5) is 0 Å². The number of nitrogens with zero attached hydrogens (tertiary/aromatic N) is 1. The van der Waals surface area contributed by atoms with Crippen molar-refractivity contribution in [3.8, 4) is 0 Å². The van der Waals surface area contributed by atoms with E-state index in [-0.39, 0.29) is 11.9 Å². The number of hydrogen-bond donors (Lipinski definition) is 1. The third-order valence-electron chi connectivity index (χ3n) is 3.73. The Kier molecular flexibility index (Phi) is 3.68. The lowest BCUT2D eigenvalue weighted by Crippen LogP contribution is -2.46. The molecule has 2 saturated heterocycles. The fourth-order valence-corrected chi connectivity index (χ4v) is 3.38. The Morgan fingerprint density at radius 2 is 2.06 bits per heavy atom. The molecule has 0 aromatic carbocycles. The third kappa shape index (κ3) is 2.60. The topological polar surface area (TPSA) is 41.9 Å². The minimum atomic E-state index is -0.371. The molecule has 100 valence electrons. The summed E-state index contributed by atoms with van der Waals surface area (Å²) in [6.45, 7) is 4.01. The van der Waals surface area contributed by atoms with Crippen LogP contribution >= 0.6 is 11.3 Å². The Hall–Kier alpha value is -0.460. The lowest BCUT2D eigenvalue weighted by molar-refractivity contribution is -0.186. The van der Waals surface area contributed by atoms with Gasteiger partial charge in [-0.25, -0.2) is 0 Å². The van der Waals surface area contributed by atoms with Gasteiger partial charge in [0.05, 0.1) is 13.2 Å². The number of ether oxygens (including phenoxy) is 2. The van der Waals surface area contributed by atoms with Crippen LogP contribution in [0, 0.1) is 0 Å². The standard InChI is InChI=1S/C13H19NO3S/c15-11(12-2-1-9-18-12)10-14-5-3-13(4-6-14)16-7-8-17-13/h1-2,9,11,15H,3-8,10H2. The quantitative estimate of drug-likeness (QED) is 0.905. The van der Waals surface area contributed by atoms with Gasteiger partial charge < -0.3 is 14.6 Å². The highest BCUT2D eigenvalue weighted by molar-refractivity contribution is 7.10. The number of hydrogen-bond acceptors (Lipinski definition) is 5. The Morgan fingerprint density at radius 1 is 1.33 bits per heavy atom. The summed E-state index contributed by atoms with van der Waals surface area (Å²) in [5, 5.41) is 12.1. The van der Waals surface area contributed by atoms with Crippen LogP contribution in [0.2, 0.25) is 0 Å². The number of piperidine rings is 1. The molecule has 1 unspecified atom stereocenters. The second kappa shape index (κ2) is 5.27. The molecule has 3 heterocycles. The Balaban J connectivity index is 1.51. The summed E-state index contributed by atoms with van der Waals surface area (Å²) in [5.74, 6) is -0.315. The van der Waals surface area contributed by atoms with Crippen LogP contribution in [0.1, 0.15) is 23.8 Å². The average Bonchev–Trinajstić information content (AvgIpc) is 3.04. The summed E-state index contributed by atoms with van der Waals surface area (Å²) in [6.07, 6.45) is 1.44. The van der Waals surface area contributed by atoms with Gasteiger partial charge in [-0.15, -0.1) is 11.3 Å². The monoisotopic (exact) mass is 269 g/mol. The molecule has 2 aliphatic rings. The van der Waals surface area contributed by atoms with E-state index in [4.69, 9.17) is 9.47 Å². The number of rotatable bonds is 3. The first-order valence-corrected chi connectivity index (χ1v) is 7.37. The Labute approximate surface area is 111 Å². The first-order valence-electron chi connectivity index (χ1n) is 6.49. The number of aliphatic hydroxyl groups excluding tert-OH is 1. The largest absolute Gasteiger partial charge is 0.386 e. The van der Waals surface area contributed by atoms with Crippen LogP contribution in [-0.4, -0.2) is 48.6 Å². The van der Waals surface area contributed by atoms with E-state index in [1.54, 1.807) is 11.3 Å². The first-order chi connectivity index (χ1) is 8.77. The maximum absolute atomic E-state index is 10.1. The van der Waals surface area contributed by atoms with E-state index in [0.717, 1.165) is 44.0 Å². The van der Waals surface area contributed by atoms with Gasteiger partial charge in [0.25, 0.3) is 0 Å². The zero-order valence-electron chi connectivity index (χ0n) is 10.4. The summed E-state index contributed by atoms with van der Waals surface area (Å²) < 4.78 is 11.4. The van der Waals surface area contributed by atoms with Gasteiger partial charge in [0.1, 0.15) is 6.10 Å². The molecule has 5 heteroatoms. The fourth-order valence-electron chi connectivity index (χ4n) is 2.68. The molecule has 0 bridgehead atoms. The van der Waals surface area contributed by atoms with E-state index in [1.165, 1.54) is 0 Å². The summed E-state index contributed by atoms with van der Waals surface area (Å²) >= 11 is 1.61. The molecule has 4 nitrogen and oxygen atoms in total. The summed E-state index contributed by atoms with van der Waals surface area (Å²) in [5.41, 5.74) is 0. The molecule has 1 spiro atoms. The van der Waals surface area contributed by atoms with Crippen LogP contribution in [0.3, 0.4) is 0 Å². The molecule has 0 radical (unpaired) electrons. The molecule has 2 fully saturated rings. The molecule has 0 amide bonds. The lowest BCUT2D eigenvalue weighted by Gasteiger charge is -2.38. The first kappa shape index (κ1) is 12.6. The molecule has 0 aliphatic carbocycles. The van der Waals surface area contributed by atoms with Crippen LogP contribution in [-0.2, 0) is 9.47 Å². The van der Waals surface area contributed by atoms with E-state index in [1.807, 2.05) is 17.5 Å². The molecule has 2 aliphatic heterocycles. The zero-order valence-corrected chi connectivity index (χ0v) is 11.2. The van der Waals surface area contributed by atoms with Gasteiger partial charge in [-0.2, -0.15) is 0 Å². The van der Waals surface area contributed by atoms with E-state index in [2.05, 4.69) is 4.90 Å². The van der Waals surface area contributed by atoms with Crippen molar-refractivity contribution in [3.05, 3.63) is 22.4 Å². The van der Waals surface area contributed by atoms with Crippen molar-refractivity contribution in [2.45, 2.75) is 24.7 Å². The predicted octanol–water partition coefficient (Wildman–Crippen LogP) is 1.62. The fraction of sp³-hybridized carbons (Fsp3) is 0.692. The Bertz CT molecular complexity index is 366. The number of thiophene rings is 1. The molecule has 1 aromatic heterocycles. The van der Waals surface area contributed by atoms with Crippen molar-refractivity contribution in [1.29, 1.82) is 0 Å². The molecule has 1 N–H and O–H groups in total. The van der Waals surface area contributed by atoms with Gasteiger partial charge in [0, 0.05) is 37.4 Å². The maximum atomic E-state index is 10.1. The molecule has 1 aromatic rings. The van der Waals surface area contributed by atoms with Crippen LogP contribution in [0.15, 0.2) is 17.5 Å². The van der Waals surface area contributed by atoms with E-state index in [0.29, 0.717) is 6.54 Å². The molecule has 0 saturated carbocycles. The van der Waals surface area contributed by atoms with Crippen molar-refractivity contribution in [3.63, 3.8) is 0 Å². The van der Waals surface area contributed by atoms with E-state index < -0.39 is 0 Å². The lowest BCUT2D eigenvalue weighted by atomic mass is 10.0. The minimum Gasteiger partial charge on any atom is -0.386 e. The minimum absolute atomic E-state index is 0.315. The Morgan fingerprint density at radius 3 is 2.67 bits per heavy atom. The number of aliphatic hydroxyl groups is 1. The highest BCUT2D eigenvalue weighted by Gasteiger charge is 2.39. The highest BCUT2D eigenvalue weighted by Crippen LogP contribution is 2.32. The second-order valence-electron chi connectivity index (χ2n) is 4.94. The molecular weight excluding hydrogens is 250 g/mol. The SMILES string of the molecule is OC(CN1CCC2(CC1)OCCO2)c1cccs1. The summed E-state index contributed by atoms with van der Waals surface area (Å²) in [7, 11) is 0. The summed E-state index contributed by atoms with van der Waals surface area (Å²) in [4.78, 5) is 3.34. The van der Waals surface area contributed by atoms with Gasteiger partial charge in [0.2, 0.25) is 0 Å². The van der Waals surface area contributed by atoms with Gasteiger partial charge in [-0.05, 0) is 11.4 Å². The van der Waals surface area contributed by atoms with Gasteiger partial charge in [-0.1, -0.05) is 6.07 Å². The van der Waals surface area contributed by atoms with Gasteiger partial charge in [-0.3, -0.25) is 4.90 Å².